The maximum atomic E-state index is 4.90. The molecule has 0 amide bonds. The minimum atomic E-state index is 1.09. The van der Waals surface area contributed by atoms with Crippen LogP contribution in [0.25, 0.3) is 10.9 Å². The highest BCUT2D eigenvalue weighted by molar-refractivity contribution is 5.81. The average molecular weight is 402 g/mol. The minimum Gasteiger partial charge on any atom is -0.369 e. The summed E-state index contributed by atoms with van der Waals surface area (Å²) in [6.45, 7) is 12.5. The molecule has 1 aliphatic rings. The quantitative estimate of drug-likeness (QED) is 0.474. The molecule has 0 aliphatic carbocycles. The fourth-order valence-corrected chi connectivity index (χ4v) is 4.58. The topological polar surface area (TPSA) is 19.4 Å². The highest BCUT2D eigenvalue weighted by atomic mass is 15.3. The zero-order valence-electron chi connectivity index (χ0n) is 18.8. The third-order valence-corrected chi connectivity index (χ3v) is 6.68. The zero-order chi connectivity index (χ0) is 20.9. The van der Waals surface area contributed by atoms with Crippen LogP contribution in [-0.4, -0.2) is 42.6 Å². The Bertz CT molecular complexity index is 987. The SMILES string of the molecule is Cc1cccc(N2CCN(CCCCCc3ccc4cccc(C)c4n3)CC2)c1C. The van der Waals surface area contributed by atoms with Gasteiger partial charge in [0.15, 0.2) is 0 Å². The molecular formula is C27H35N3. The van der Waals surface area contributed by atoms with Gasteiger partial charge in [0.2, 0.25) is 0 Å². The maximum Gasteiger partial charge on any atom is 0.0734 e. The first kappa shape index (κ1) is 20.9. The van der Waals surface area contributed by atoms with Gasteiger partial charge >= 0.3 is 0 Å². The van der Waals surface area contributed by atoms with Crippen molar-refractivity contribution in [3.8, 4) is 0 Å². The number of hydrogen-bond acceptors (Lipinski definition) is 3. The first-order valence-electron chi connectivity index (χ1n) is 11.5. The van der Waals surface area contributed by atoms with Crippen molar-refractivity contribution >= 4 is 16.6 Å². The number of piperazine rings is 1. The van der Waals surface area contributed by atoms with E-state index in [0.29, 0.717) is 0 Å². The molecule has 2 aromatic carbocycles. The Labute approximate surface area is 181 Å². The molecule has 0 bridgehead atoms. The van der Waals surface area contributed by atoms with Crippen LogP contribution in [0.5, 0.6) is 0 Å². The summed E-state index contributed by atoms with van der Waals surface area (Å²) in [6.07, 6.45) is 4.89. The Hall–Kier alpha value is -2.39. The lowest BCUT2D eigenvalue weighted by Crippen LogP contribution is -2.46. The van der Waals surface area contributed by atoms with Crippen LogP contribution in [0.15, 0.2) is 48.5 Å². The predicted octanol–water partition coefficient (Wildman–Crippen LogP) is 5.70. The third kappa shape index (κ3) is 4.84. The number of anilines is 1. The molecule has 30 heavy (non-hydrogen) atoms. The van der Waals surface area contributed by atoms with Gasteiger partial charge in [-0.25, -0.2) is 0 Å². The van der Waals surface area contributed by atoms with E-state index in [1.165, 1.54) is 72.4 Å². The summed E-state index contributed by atoms with van der Waals surface area (Å²) >= 11 is 0. The lowest BCUT2D eigenvalue weighted by Gasteiger charge is -2.37. The molecule has 3 heteroatoms. The molecule has 0 N–H and O–H groups in total. The Morgan fingerprint density at radius 2 is 1.53 bits per heavy atom. The van der Waals surface area contributed by atoms with Crippen LogP contribution in [0, 0.1) is 20.8 Å². The van der Waals surface area contributed by atoms with Gasteiger partial charge in [0.1, 0.15) is 0 Å². The number of fused-ring (bicyclic) bond motifs is 1. The second-order valence-corrected chi connectivity index (χ2v) is 8.81. The van der Waals surface area contributed by atoms with Crippen LogP contribution in [-0.2, 0) is 6.42 Å². The van der Waals surface area contributed by atoms with Gasteiger partial charge in [-0.05, 0) is 75.4 Å². The van der Waals surface area contributed by atoms with Crippen LogP contribution in [0.1, 0.15) is 41.6 Å². The van der Waals surface area contributed by atoms with Crippen LogP contribution < -0.4 is 4.90 Å². The van der Waals surface area contributed by atoms with Gasteiger partial charge in [-0.2, -0.15) is 0 Å². The normalized spacial score (nSPS) is 15.1. The van der Waals surface area contributed by atoms with Gasteiger partial charge in [0.05, 0.1) is 5.52 Å². The molecule has 158 valence electrons. The molecule has 0 radical (unpaired) electrons. The van der Waals surface area contributed by atoms with Gasteiger partial charge in [0.25, 0.3) is 0 Å². The van der Waals surface area contributed by atoms with Crippen molar-refractivity contribution in [2.45, 2.75) is 46.5 Å². The second-order valence-electron chi connectivity index (χ2n) is 8.81. The van der Waals surface area contributed by atoms with E-state index in [1.807, 2.05) is 0 Å². The van der Waals surface area contributed by atoms with Crippen molar-refractivity contribution < 1.29 is 0 Å². The lowest BCUT2D eigenvalue weighted by atomic mass is 10.1. The van der Waals surface area contributed by atoms with Crippen LogP contribution in [0.2, 0.25) is 0 Å². The molecule has 0 atom stereocenters. The third-order valence-electron chi connectivity index (χ3n) is 6.68. The first-order valence-corrected chi connectivity index (χ1v) is 11.5. The summed E-state index contributed by atoms with van der Waals surface area (Å²) in [5.74, 6) is 0. The number of nitrogens with zero attached hydrogens (tertiary/aromatic N) is 3. The van der Waals surface area contributed by atoms with Crippen molar-refractivity contribution in [3.05, 3.63) is 70.9 Å². The Morgan fingerprint density at radius 3 is 2.37 bits per heavy atom. The lowest BCUT2D eigenvalue weighted by molar-refractivity contribution is 0.252. The van der Waals surface area contributed by atoms with Crippen molar-refractivity contribution in [3.63, 3.8) is 0 Å². The van der Waals surface area contributed by atoms with Crippen molar-refractivity contribution in [1.29, 1.82) is 0 Å². The number of hydrogen-bond donors (Lipinski definition) is 0. The van der Waals surface area contributed by atoms with Crippen LogP contribution in [0.3, 0.4) is 0 Å². The van der Waals surface area contributed by atoms with Gasteiger partial charge in [-0.15, -0.1) is 0 Å². The number of benzene rings is 2. The molecular weight excluding hydrogens is 366 g/mol. The van der Waals surface area contributed by atoms with Crippen LogP contribution in [0.4, 0.5) is 5.69 Å². The smallest absolute Gasteiger partial charge is 0.0734 e. The highest BCUT2D eigenvalue weighted by Gasteiger charge is 2.18. The summed E-state index contributed by atoms with van der Waals surface area (Å²) in [6, 6.07) is 17.5. The van der Waals surface area contributed by atoms with Crippen molar-refractivity contribution in [1.82, 2.24) is 9.88 Å². The molecule has 0 spiro atoms. The van der Waals surface area contributed by atoms with E-state index in [4.69, 9.17) is 4.98 Å². The Kier molecular flexibility index (Phi) is 6.69. The van der Waals surface area contributed by atoms with Gasteiger partial charge < -0.3 is 4.90 Å². The Morgan fingerprint density at radius 1 is 0.767 bits per heavy atom. The van der Waals surface area contributed by atoms with E-state index >= 15 is 0 Å². The van der Waals surface area contributed by atoms with E-state index in [9.17, 15) is 0 Å². The molecule has 3 aromatic rings. The fourth-order valence-electron chi connectivity index (χ4n) is 4.58. The van der Waals surface area contributed by atoms with Crippen LogP contribution >= 0.6 is 0 Å². The van der Waals surface area contributed by atoms with E-state index in [-0.39, 0.29) is 0 Å². The standard InChI is InChI=1S/C27H35N3/c1-21-9-8-13-26(23(21)3)30-19-17-29(18-20-30)16-6-4-5-12-25-15-14-24-11-7-10-22(2)27(24)28-25/h7-11,13-15H,4-6,12,16-20H2,1-3H3. The largest absolute Gasteiger partial charge is 0.369 e. The summed E-state index contributed by atoms with van der Waals surface area (Å²) in [7, 11) is 0. The molecule has 0 saturated carbocycles. The molecule has 1 fully saturated rings. The van der Waals surface area contributed by atoms with Crippen molar-refractivity contribution in [2.24, 2.45) is 0 Å². The van der Waals surface area contributed by atoms with Gasteiger partial charge in [-0.1, -0.05) is 42.8 Å². The molecule has 2 heterocycles. The summed E-state index contributed by atoms with van der Waals surface area (Å²) < 4.78 is 0. The maximum absolute atomic E-state index is 4.90. The summed E-state index contributed by atoms with van der Waals surface area (Å²) in [5.41, 5.74) is 7.92. The molecule has 1 aliphatic heterocycles. The van der Waals surface area contributed by atoms with Gasteiger partial charge in [0, 0.05) is 42.9 Å². The zero-order valence-corrected chi connectivity index (χ0v) is 18.8. The van der Waals surface area contributed by atoms with E-state index in [0.717, 1.165) is 25.0 Å². The average Bonchev–Trinajstić information content (AvgIpc) is 2.76. The van der Waals surface area contributed by atoms with E-state index < -0.39 is 0 Å². The second kappa shape index (κ2) is 9.61. The first-order chi connectivity index (χ1) is 14.6. The van der Waals surface area contributed by atoms with E-state index in [2.05, 4.69) is 79.1 Å². The molecule has 4 rings (SSSR count). The Balaban J connectivity index is 1.18. The molecule has 3 nitrogen and oxygen atoms in total. The fraction of sp³-hybridized carbons (Fsp3) is 0.444. The predicted molar refractivity (Wildman–Crippen MR) is 129 cm³/mol. The summed E-state index contributed by atoms with van der Waals surface area (Å²) in [4.78, 5) is 10.1. The monoisotopic (exact) mass is 401 g/mol. The minimum absolute atomic E-state index is 1.09. The molecule has 1 saturated heterocycles. The number of aryl methyl sites for hydroxylation is 3. The molecule has 0 unspecified atom stereocenters. The number of para-hydroxylation sites is 1. The summed E-state index contributed by atoms with van der Waals surface area (Å²) in [5, 5.41) is 1.25. The number of aromatic nitrogens is 1. The molecule has 1 aromatic heterocycles. The van der Waals surface area contributed by atoms with E-state index in [1.54, 1.807) is 0 Å². The number of pyridine rings is 1. The number of unbranched alkanes of at least 4 members (excludes halogenated alkanes) is 2. The van der Waals surface area contributed by atoms with Gasteiger partial charge in [-0.3, -0.25) is 9.88 Å². The highest BCUT2D eigenvalue weighted by Crippen LogP contribution is 2.24. The van der Waals surface area contributed by atoms with Crippen molar-refractivity contribution in [2.75, 3.05) is 37.6 Å². The number of rotatable bonds is 7.